The lowest BCUT2D eigenvalue weighted by Gasteiger charge is -2.32. The van der Waals surface area contributed by atoms with E-state index >= 15 is 0 Å². The number of rotatable bonds is 6. The van der Waals surface area contributed by atoms with Crippen molar-refractivity contribution in [2.24, 2.45) is 5.92 Å². The van der Waals surface area contributed by atoms with Gasteiger partial charge in [-0.25, -0.2) is 9.59 Å². The molecule has 22 heavy (non-hydrogen) atoms. The molecule has 1 amide bonds. The molecule has 0 aliphatic carbocycles. The predicted octanol–water partition coefficient (Wildman–Crippen LogP) is 2.09. The van der Waals surface area contributed by atoms with Gasteiger partial charge in [-0.05, 0) is 33.6 Å². The maximum absolute atomic E-state index is 13.9. The molecule has 0 aliphatic heterocycles. The van der Waals surface area contributed by atoms with Crippen LogP contribution in [0.5, 0.6) is 0 Å². The number of esters is 1. The Bertz CT molecular complexity index is 393. The van der Waals surface area contributed by atoms with E-state index in [0.717, 1.165) is 0 Å². The van der Waals surface area contributed by atoms with E-state index in [9.17, 15) is 23.5 Å². The van der Waals surface area contributed by atoms with E-state index in [-0.39, 0.29) is 6.61 Å². The average Bonchev–Trinajstić information content (AvgIpc) is 2.32. The van der Waals surface area contributed by atoms with Gasteiger partial charge in [0, 0.05) is 0 Å². The minimum Gasteiger partial charge on any atom is -0.461 e. The van der Waals surface area contributed by atoms with Crippen LogP contribution in [0.2, 0.25) is 0 Å². The standard InChI is InChI=1S/C14H25F2NO5/c1-7-21-11(19)14(15,16)10(18)9(8(2)3)17-12(20)22-13(4,5)6/h8-10,18H,7H2,1-6H3,(H,17,20)/t9-,10+/m0/s1. The first-order chi connectivity index (χ1) is 9.82. The molecule has 0 aromatic carbocycles. The third-order valence-corrected chi connectivity index (χ3v) is 2.66. The Balaban J connectivity index is 5.09. The summed E-state index contributed by atoms with van der Waals surface area (Å²) in [6, 6.07) is -1.38. The Morgan fingerprint density at radius 1 is 1.23 bits per heavy atom. The Morgan fingerprint density at radius 2 is 1.73 bits per heavy atom. The number of halogens is 2. The van der Waals surface area contributed by atoms with Crippen molar-refractivity contribution in [1.29, 1.82) is 0 Å². The van der Waals surface area contributed by atoms with Crippen LogP contribution in [0.15, 0.2) is 0 Å². The minimum atomic E-state index is -4.14. The van der Waals surface area contributed by atoms with Gasteiger partial charge in [0.15, 0.2) is 0 Å². The van der Waals surface area contributed by atoms with Gasteiger partial charge >= 0.3 is 18.0 Å². The number of amides is 1. The van der Waals surface area contributed by atoms with Crippen LogP contribution in [0.4, 0.5) is 13.6 Å². The van der Waals surface area contributed by atoms with E-state index in [2.05, 4.69) is 10.1 Å². The predicted molar refractivity (Wildman–Crippen MR) is 75.6 cm³/mol. The van der Waals surface area contributed by atoms with Crippen molar-refractivity contribution in [3.05, 3.63) is 0 Å². The Hall–Kier alpha value is -1.44. The van der Waals surface area contributed by atoms with Crippen LogP contribution in [0.1, 0.15) is 41.5 Å². The summed E-state index contributed by atoms with van der Waals surface area (Å²) in [5.41, 5.74) is -0.819. The van der Waals surface area contributed by atoms with Crippen molar-refractivity contribution in [2.75, 3.05) is 6.61 Å². The molecule has 0 bridgehead atoms. The van der Waals surface area contributed by atoms with Gasteiger partial charge in [-0.1, -0.05) is 13.8 Å². The number of carbonyl (C=O) groups is 2. The van der Waals surface area contributed by atoms with Crippen LogP contribution in [-0.4, -0.2) is 47.4 Å². The first-order valence-corrected chi connectivity index (χ1v) is 7.05. The maximum Gasteiger partial charge on any atom is 0.407 e. The van der Waals surface area contributed by atoms with E-state index in [0.29, 0.717) is 0 Å². The van der Waals surface area contributed by atoms with Crippen molar-refractivity contribution in [2.45, 2.75) is 65.2 Å². The van der Waals surface area contributed by atoms with Gasteiger partial charge in [-0.3, -0.25) is 0 Å². The molecule has 0 spiro atoms. The Kier molecular flexibility index (Phi) is 7.21. The monoisotopic (exact) mass is 325 g/mol. The summed E-state index contributed by atoms with van der Waals surface area (Å²) >= 11 is 0. The van der Waals surface area contributed by atoms with E-state index in [1.807, 2.05) is 0 Å². The highest BCUT2D eigenvalue weighted by atomic mass is 19.3. The molecule has 6 nitrogen and oxygen atoms in total. The summed E-state index contributed by atoms with van der Waals surface area (Å²) < 4.78 is 37.0. The largest absolute Gasteiger partial charge is 0.461 e. The summed E-state index contributed by atoms with van der Waals surface area (Å²) in [4.78, 5) is 23.0. The highest BCUT2D eigenvalue weighted by Gasteiger charge is 2.52. The van der Waals surface area contributed by atoms with E-state index in [4.69, 9.17) is 4.74 Å². The molecule has 0 rings (SSSR count). The second kappa shape index (κ2) is 7.71. The summed E-state index contributed by atoms with van der Waals surface area (Å²) in [5, 5.41) is 12.0. The number of aliphatic hydroxyl groups excluding tert-OH is 1. The maximum atomic E-state index is 13.9. The highest BCUT2D eigenvalue weighted by Crippen LogP contribution is 2.26. The van der Waals surface area contributed by atoms with Gasteiger partial charge in [-0.2, -0.15) is 8.78 Å². The molecular weight excluding hydrogens is 300 g/mol. The number of hydrogen-bond donors (Lipinski definition) is 2. The van der Waals surface area contributed by atoms with E-state index in [1.165, 1.54) is 20.8 Å². The zero-order chi connectivity index (χ0) is 17.7. The number of aliphatic hydroxyl groups is 1. The summed E-state index contributed by atoms with van der Waals surface area (Å²) in [6.45, 7) is 9.01. The molecule has 0 unspecified atom stereocenters. The van der Waals surface area contributed by atoms with Crippen LogP contribution in [-0.2, 0) is 14.3 Å². The third-order valence-electron chi connectivity index (χ3n) is 2.66. The van der Waals surface area contributed by atoms with Gasteiger partial charge < -0.3 is 19.9 Å². The molecule has 0 saturated heterocycles. The Labute approximate surface area is 129 Å². The molecule has 2 atom stereocenters. The highest BCUT2D eigenvalue weighted by molar-refractivity contribution is 5.78. The molecule has 0 saturated carbocycles. The van der Waals surface area contributed by atoms with Crippen LogP contribution < -0.4 is 5.32 Å². The molecule has 0 heterocycles. The van der Waals surface area contributed by atoms with Gasteiger partial charge in [-0.15, -0.1) is 0 Å². The number of hydrogen-bond acceptors (Lipinski definition) is 5. The molecule has 2 N–H and O–H groups in total. The fourth-order valence-electron chi connectivity index (χ4n) is 1.63. The van der Waals surface area contributed by atoms with Crippen LogP contribution in [0.3, 0.4) is 0 Å². The number of alkyl halides is 2. The number of alkyl carbamates (subject to hydrolysis) is 1. The van der Waals surface area contributed by atoms with Crippen molar-refractivity contribution in [3.63, 3.8) is 0 Å². The molecule has 0 radical (unpaired) electrons. The zero-order valence-electron chi connectivity index (χ0n) is 13.8. The molecule has 130 valence electrons. The third kappa shape index (κ3) is 6.13. The number of carbonyl (C=O) groups excluding carboxylic acids is 2. The lowest BCUT2D eigenvalue weighted by molar-refractivity contribution is -0.192. The summed E-state index contributed by atoms with van der Waals surface area (Å²) in [6.07, 6.45) is -3.39. The smallest absolute Gasteiger partial charge is 0.407 e. The van der Waals surface area contributed by atoms with Gasteiger partial charge in [0.25, 0.3) is 0 Å². The normalized spacial score (nSPS) is 15.2. The van der Waals surface area contributed by atoms with E-state index in [1.54, 1.807) is 20.8 Å². The minimum absolute atomic E-state index is 0.243. The summed E-state index contributed by atoms with van der Waals surface area (Å²) in [7, 11) is 0. The van der Waals surface area contributed by atoms with Crippen molar-refractivity contribution in [1.82, 2.24) is 5.32 Å². The second-order valence-corrected chi connectivity index (χ2v) is 6.20. The summed E-state index contributed by atoms with van der Waals surface area (Å²) in [5.74, 6) is -6.54. The van der Waals surface area contributed by atoms with Crippen molar-refractivity contribution >= 4 is 12.1 Å². The lowest BCUT2D eigenvalue weighted by atomic mass is 9.94. The van der Waals surface area contributed by atoms with E-state index < -0.39 is 41.6 Å². The molecule has 0 fully saturated rings. The first kappa shape index (κ1) is 20.6. The molecule has 0 aliphatic rings. The quantitative estimate of drug-likeness (QED) is 0.731. The SMILES string of the molecule is CCOC(=O)C(F)(F)[C@H](O)[C@@H](NC(=O)OC(C)(C)C)C(C)C. The van der Waals surface area contributed by atoms with Crippen molar-refractivity contribution < 1.29 is 33.0 Å². The molecular formula is C14H25F2NO5. The average molecular weight is 325 g/mol. The number of ether oxygens (including phenoxy) is 2. The van der Waals surface area contributed by atoms with Crippen LogP contribution >= 0.6 is 0 Å². The van der Waals surface area contributed by atoms with Gasteiger partial charge in [0.1, 0.15) is 11.7 Å². The first-order valence-electron chi connectivity index (χ1n) is 7.05. The van der Waals surface area contributed by atoms with Crippen LogP contribution in [0.25, 0.3) is 0 Å². The zero-order valence-corrected chi connectivity index (χ0v) is 13.8. The fourth-order valence-corrected chi connectivity index (χ4v) is 1.63. The van der Waals surface area contributed by atoms with Gasteiger partial charge in [0.05, 0.1) is 12.6 Å². The fraction of sp³-hybridized carbons (Fsp3) is 0.857. The van der Waals surface area contributed by atoms with Gasteiger partial charge in [0.2, 0.25) is 0 Å². The number of nitrogens with one attached hydrogen (secondary N) is 1. The van der Waals surface area contributed by atoms with Crippen LogP contribution in [0, 0.1) is 5.92 Å². The molecule has 0 aromatic heterocycles. The topological polar surface area (TPSA) is 84.9 Å². The molecule has 8 heteroatoms. The second-order valence-electron chi connectivity index (χ2n) is 6.20. The van der Waals surface area contributed by atoms with Crippen molar-refractivity contribution in [3.8, 4) is 0 Å². The molecule has 0 aromatic rings. The lowest BCUT2D eigenvalue weighted by Crippen LogP contribution is -2.57. The Morgan fingerprint density at radius 3 is 2.09 bits per heavy atom.